The molecule has 6 nitrogen and oxygen atoms in total. The Morgan fingerprint density at radius 1 is 1.11 bits per heavy atom. The van der Waals surface area contributed by atoms with Crippen LogP contribution in [0.4, 0.5) is 5.69 Å². The van der Waals surface area contributed by atoms with Crippen LogP contribution in [0.15, 0.2) is 68.9 Å². The maximum absolute atomic E-state index is 13.0. The van der Waals surface area contributed by atoms with E-state index in [-0.39, 0.29) is 11.3 Å². The van der Waals surface area contributed by atoms with Gasteiger partial charge < -0.3 is 13.9 Å². The Hall–Kier alpha value is -3.54. The van der Waals surface area contributed by atoms with Gasteiger partial charge in [0.25, 0.3) is 5.91 Å². The van der Waals surface area contributed by atoms with Crippen molar-refractivity contribution in [2.45, 2.75) is 26.8 Å². The first-order valence-electron chi connectivity index (χ1n) is 8.87. The van der Waals surface area contributed by atoms with E-state index in [4.69, 9.17) is 8.83 Å². The average Bonchev–Trinajstić information content (AvgIpc) is 3.37. The molecule has 1 unspecified atom stereocenters. The summed E-state index contributed by atoms with van der Waals surface area (Å²) >= 11 is 0. The number of aliphatic hydroxyl groups excluding tert-OH is 1. The number of benzene rings is 1. The minimum Gasteiger partial charge on any atom is -0.503 e. The predicted octanol–water partition coefficient (Wildman–Crippen LogP) is 4.58. The number of ketones is 1. The van der Waals surface area contributed by atoms with E-state index >= 15 is 0 Å². The molecule has 1 atom stereocenters. The fourth-order valence-electron chi connectivity index (χ4n) is 3.57. The van der Waals surface area contributed by atoms with Crippen molar-refractivity contribution in [1.29, 1.82) is 0 Å². The Bertz CT molecular complexity index is 1100. The van der Waals surface area contributed by atoms with Gasteiger partial charge in [0, 0.05) is 5.69 Å². The van der Waals surface area contributed by atoms with Crippen molar-refractivity contribution in [3.63, 3.8) is 0 Å². The Labute approximate surface area is 161 Å². The number of hydrogen-bond donors (Lipinski definition) is 1. The summed E-state index contributed by atoms with van der Waals surface area (Å²) in [6.07, 6.45) is 1.37. The van der Waals surface area contributed by atoms with Gasteiger partial charge in [-0.2, -0.15) is 0 Å². The second kappa shape index (κ2) is 6.56. The maximum atomic E-state index is 13.0. The summed E-state index contributed by atoms with van der Waals surface area (Å²) < 4.78 is 11.0. The molecule has 0 saturated heterocycles. The molecule has 142 valence electrons. The Morgan fingerprint density at radius 3 is 2.50 bits per heavy atom. The summed E-state index contributed by atoms with van der Waals surface area (Å²) in [5.74, 6) is -0.724. The van der Waals surface area contributed by atoms with Crippen LogP contribution in [0, 0.1) is 20.8 Å². The fourth-order valence-corrected chi connectivity index (χ4v) is 3.57. The molecule has 2 aromatic heterocycles. The van der Waals surface area contributed by atoms with Gasteiger partial charge in [-0.3, -0.25) is 14.5 Å². The lowest BCUT2D eigenvalue weighted by Gasteiger charge is -2.26. The number of Topliss-reactive ketones (excluding diaryl/α,β-unsaturated/α-hetero) is 1. The smallest absolute Gasteiger partial charge is 0.294 e. The average molecular weight is 377 g/mol. The lowest BCUT2D eigenvalue weighted by molar-refractivity contribution is -0.117. The van der Waals surface area contributed by atoms with Crippen LogP contribution in [-0.2, 0) is 4.79 Å². The highest BCUT2D eigenvalue weighted by atomic mass is 16.3. The lowest BCUT2D eigenvalue weighted by Crippen LogP contribution is -2.31. The number of hydrogen-bond acceptors (Lipinski definition) is 5. The van der Waals surface area contributed by atoms with E-state index in [1.807, 2.05) is 26.0 Å². The van der Waals surface area contributed by atoms with E-state index < -0.39 is 23.5 Å². The summed E-state index contributed by atoms with van der Waals surface area (Å²) in [6, 6.07) is 11.3. The number of rotatable bonds is 4. The third kappa shape index (κ3) is 2.74. The molecule has 1 aliphatic heterocycles. The summed E-state index contributed by atoms with van der Waals surface area (Å²) in [5, 5.41) is 10.6. The van der Waals surface area contributed by atoms with Gasteiger partial charge in [0.2, 0.25) is 5.78 Å². The molecule has 0 aliphatic carbocycles. The van der Waals surface area contributed by atoms with E-state index in [9.17, 15) is 14.7 Å². The highest BCUT2D eigenvalue weighted by Crippen LogP contribution is 2.43. The Balaban J connectivity index is 1.90. The quantitative estimate of drug-likeness (QED) is 0.673. The molecule has 0 bridgehead atoms. The molecule has 1 amide bonds. The van der Waals surface area contributed by atoms with Crippen LogP contribution >= 0.6 is 0 Å². The topological polar surface area (TPSA) is 83.9 Å². The standard InChI is InChI=1S/C22H19NO5/c1-12-6-8-15(13(2)11-12)23-19(16-9-7-14(3)28-16)18(21(25)22(23)26)20(24)17-5-4-10-27-17/h4-11,19,25H,1-3H3. The van der Waals surface area contributed by atoms with Crippen LogP contribution in [0.1, 0.15) is 39.2 Å². The zero-order valence-corrected chi connectivity index (χ0v) is 15.7. The number of nitrogens with zero attached hydrogens (tertiary/aromatic N) is 1. The van der Waals surface area contributed by atoms with Crippen molar-refractivity contribution < 1.29 is 23.5 Å². The van der Waals surface area contributed by atoms with Gasteiger partial charge in [0.1, 0.15) is 17.6 Å². The number of aryl methyl sites for hydroxylation is 3. The van der Waals surface area contributed by atoms with Gasteiger partial charge in [-0.15, -0.1) is 0 Å². The third-order valence-electron chi connectivity index (χ3n) is 4.84. The minimum absolute atomic E-state index is 0.0464. The van der Waals surface area contributed by atoms with Crippen LogP contribution in [0.25, 0.3) is 0 Å². The first-order valence-corrected chi connectivity index (χ1v) is 8.87. The summed E-state index contributed by atoms with van der Waals surface area (Å²) in [7, 11) is 0. The molecule has 3 aromatic rings. The van der Waals surface area contributed by atoms with Crippen molar-refractivity contribution in [1.82, 2.24) is 0 Å². The Kier molecular flexibility index (Phi) is 4.19. The molecule has 28 heavy (non-hydrogen) atoms. The van der Waals surface area contributed by atoms with Crippen LogP contribution in [0.5, 0.6) is 0 Å². The van der Waals surface area contributed by atoms with Gasteiger partial charge in [-0.25, -0.2) is 0 Å². The molecule has 6 heteroatoms. The number of furan rings is 2. The highest BCUT2D eigenvalue weighted by Gasteiger charge is 2.47. The molecule has 0 saturated carbocycles. The molecule has 1 aliphatic rings. The van der Waals surface area contributed by atoms with Gasteiger partial charge in [0.05, 0.1) is 11.8 Å². The van der Waals surface area contributed by atoms with E-state index in [0.29, 0.717) is 17.2 Å². The SMILES string of the molecule is Cc1ccc(N2C(=O)C(O)=C(C(=O)c3ccco3)C2c2ccc(C)o2)c(C)c1. The summed E-state index contributed by atoms with van der Waals surface area (Å²) in [6.45, 7) is 5.61. The van der Waals surface area contributed by atoms with Crippen molar-refractivity contribution in [3.05, 3.63) is 88.5 Å². The van der Waals surface area contributed by atoms with E-state index in [1.165, 1.54) is 17.2 Å². The number of carbonyl (C=O) groups excluding carboxylic acids is 2. The number of carbonyl (C=O) groups is 2. The van der Waals surface area contributed by atoms with E-state index in [0.717, 1.165) is 11.1 Å². The maximum Gasteiger partial charge on any atom is 0.294 e. The summed E-state index contributed by atoms with van der Waals surface area (Å²) in [4.78, 5) is 27.5. The van der Waals surface area contributed by atoms with Crippen molar-refractivity contribution in [2.24, 2.45) is 0 Å². The zero-order valence-electron chi connectivity index (χ0n) is 15.7. The van der Waals surface area contributed by atoms with Gasteiger partial charge in [0.15, 0.2) is 11.5 Å². The lowest BCUT2D eigenvalue weighted by atomic mass is 9.99. The molecule has 1 aromatic carbocycles. The van der Waals surface area contributed by atoms with Crippen LogP contribution in [-0.4, -0.2) is 16.8 Å². The monoisotopic (exact) mass is 377 g/mol. The molecular formula is C22H19NO5. The molecule has 0 spiro atoms. The first-order chi connectivity index (χ1) is 13.4. The van der Waals surface area contributed by atoms with Crippen LogP contribution in [0.3, 0.4) is 0 Å². The molecule has 0 fully saturated rings. The fraction of sp³-hybridized carbons (Fsp3) is 0.182. The molecule has 4 rings (SSSR count). The van der Waals surface area contributed by atoms with Gasteiger partial charge in [-0.05, 0) is 56.7 Å². The molecule has 1 N–H and O–H groups in total. The van der Waals surface area contributed by atoms with Crippen LogP contribution < -0.4 is 4.90 Å². The molecule has 3 heterocycles. The van der Waals surface area contributed by atoms with E-state index in [1.54, 1.807) is 31.2 Å². The number of aliphatic hydroxyl groups is 1. The Morgan fingerprint density at radius 2 is 1.89 bits per heavy atom. The summed E-state index contributed by atoms with van der Waals surface area (Å²) in [5.41, 5.74) is 2.43. The largest absolute Gasteiger partial charge is 0.503 e. The predicted molar refractivity (Wildman–Crippen MR) is 102 cm³/mol. The van der Waals surface area contributed by atoms with E-state index in [2.05, 4.69) is 0 Å². The van der Waals surface area contributed by atoms with Crippen molar-refractivity contribution in [3.8, 4) is 0 Å². The zero-order chi connectivity index (χ0) is 20.0. The van der Waals surface area contributed by atoms with Crippen LogP contribution in [0.2, 0.25) is 0 Å². The van der Waals surface area contributed by atoms with Crippen molar-refractivity contribution >= 4 is 17.4 Å². The van der Waals surface area contributed by atoms with Gasteiger partial charge >= 0.3 is 0 Å². The molecule has 0 radical (unpaired) electrons. The second-order valence-electron chi connectivity index (χ2n) is 6.88. The number of amides is 1. The highest BCUT2D eigenvalue weighted by molar-refractivity contribution is 6.20. The minimum atomic E-state index is -0.889. The first kappa shape index (κ1) is 17.9. The van der Waals surface area contributed by atoms with Gasteiger partial charge in [-0.1, -0.05) is 17.7 Å². The normalized spacial score (nSPS) is 16.9. The second-order valence-corrected chi connectivity index (χ2v) is 6.88. The third-order valence-corrected chi connectivity index (χ3v) is 4.84. The molecular weight excluding hydrogens is 358 g/mol. The number of anilines is 1. The van der Waals surface area contributed by atoms with Crippen molar-refractivity contribution in [2.75, 3.05) is 4.90 Å².